The minimum Gasteiger partial charge on any atom is -0.458 e. The SMILES string of the molecule is C=CC(=O)OC[Si]12OCCN(CCO1)CC(C1CCCCC1)O2. The van der Waals surface area contributed by atoms with Gasteiger partial charge in [-0.3, -0.25) is 4.90 Å². The van der Waals surface area contributed by atoms with Gasteiger partial charge in [0.25, 0.3) is 0 Å². The molecule has 2 bridgehead atoms. The second-order valence-corrected chi connectivity index (χ2v) is 9.01. The van der Waals surface area contributed by atoms with Crippen LogP contribution in [-0.2, 0) is 22.8 Å². The molecule has 4 rings (SSSR count). The van der Waals surface area contributed by atoms with Gasteiger partial charge >= 0.3 is 14.8 Å². The van der Waals surface area contributed by atoms with Crippen molar-refractivity contribution in [3.05, 3.63) is 12.7 Å². The Morgan fingerprint density at radius 1 is 1.22 bits per heavy atom. The molecule has 1 atom stereocenters. The lowest BCUT2D eigenvalue weighted by Gasteiger charge is -2.44. The first kappa shape index (κ1) is 17.1. The van der Waals surface area contributed by atoms with Crippen molar-refractivity contribution in [1.82, 2.24) is 4.90 Å². The summed E-state index contributed by atoms with van der Waals surface area (Å²) >= 11 is 0. The van der Waals surface area contributed by atoms with Gasteiger partial charge in [0.2, 0.25) is 0 Å². The molecular weight excluding hydrogens is 314 g/mol. The van der Waals surface area contributed by atoms with Crippen LogP contribution in [0.4, 0.5) is 0 Å². The summed E-state index contributed by atoms with van der Waals surface area (Å²) in [5, 5.41) is 0. The zero-order valence-electron chi connectivity index (χ0n) is 13.7. The van der Waals surface area contributed by atoms with Gasteiger partial charge in [0.15, 0.2) is 6.23 Å². The fourth-order valence-electron chi connectivity index (χ4n) is 3.67. The molecule has 3 saturated heterocycles. The number of hydrogen-bond acceptors (Lipinski definition) is 6. The zero-order chi connectivity index (χ0) is 16.1. The molecular formula is C16H27NO5Si. The second-order valence-electron chi connectivity index (χ2n) is 6.55. The van der Waals surface area contributed by atoms with Crippen molar-refractivity contribution in [3.8, 4) is 0 Å². The summed E-state index contributed by atoms with van der Waals surface area (Å²) in [5.41, 5.74) is 0. The van der Waals surface area contributed by atoms with Crippen LogP contribution in [0, 0.1) is 5.92 Å². The predicted octanol–water partition coefficient (Wildman–Crippen LogP) is 1.52. The molecule has 1 unspecified atom stereocenters. The molecule has 0 spiro atoms. The molecule has 4 aliphatic rings. The minimum atomic E-state index is -2.97. The van der Waals surface area contributed by atoms with Crippen molar-refractivity contribution >= 4 is 14.8 Å². The average Bonchev–Trinajstić information content (AvgIpc) is 2.53. The highest BCUT2D eigenvalue weighted by Crippen LogP contribution is 2.32. The molecule has 3 heterocycles. The number of carbonyl (C=O) groups is 1. The van der Waals surface area contributed by atoms with E-state index in [2.05, 4.69) is 11.5 Å². The first-order valence-corrected chi connectivity index (χ1v) is 10.6. The average molecular weight is 341 g/mol. The van der Waals surface area contributed by atoms with Crippen molar-refractivity contribution in [3.63, 3.8) is 0 Å². The summed E-state index contributed by atoms with van der Waals surface area (Å²) in [6, 6.07) is 0. The second kappa shape index (κ2) is 7.89. The molecule has 23 heavy (non-hydrogen) atoms. The highest BCUT2D eigenvalue weighted by molar-refractivity contribution is 6.60. The Balaban J connectivity index is 1.73. The molecule has 0 N–H and O–H groups in total. The van der Waals surface area contributed by atoms with E-state index >= 15 is 0 Å². The Hall–Kier alpha value is -0.733. The normalized spacial score (nSPS) is 35.8. The van der Waals surface area contributed by atoms with E-state index in [-0.39, 0.29) is 12.3 Å². The lowest BCUT2D eigenvalue weighted by Crippen LogP contribution is -2.62. The maximum absolute atomic E-state index is 11.5. The van der Waals surface area contributed by atoms with Gasteiger partial charge in [0.1, 0.15) is 0 Å². The summed E-state index contributed by atoms with van der Waals surface area (Å²) in [6.45, 7) is 7.27. The first-order valence-electron chi connectivity index (χ1n) is 8.68. The fourth-order valence-corrected chi connectivity index (χ4v) is 5.98. The van der Waals surface area contributed by atoms with Crippen LogP contribution in [-0.4, -0.2) is 64.9 Å². The van der Waals surface area contributed by atoms with Crippen LogP contribution in [0.5, 0.6) is 0 Å². The Bertz CT molecular complexity index is 417. The fraction of sp³-hybridized carbons (Fsp3) is 0.812. The lowest BCUT2D eigenvalue weighted by molar-refractivity contribution is -0.139. The third kappa shape index (κ3) is 4.42. The van der Waals surface area contributed by atoms with Crippen LogP contribution in [0.2, 0.25) is 0 Å². The molecule has 130 valence electrons. The summed E-state index contributed by atoms with van der Waals surface area (Å²) in [7, 11) is -2.97. The van der Waals surface area contributed by atoms with E-state index in [0.29, 0.717) is 19.1 Å². The van der Waals surface area contributed by atoms with Gasteiger partial charge in [0.05, 0.1) is 19.3 Å². The third-order valence-electron chi connectivity index (χ3n) is 4.96. The van der Waals surface area contributed by atoms with Crippen molar-refractivity contribution in [2.45, 2.75) is 38.2 Å². The first-order chi connectivity index (χ1) is 11.2. The highest BCUT2D eigenvalue weighted by Gasteiger charge is 2.49. The van der Waals surface area contributed by atoms with Crippen molar-refractivity contribution < 1.29 is 22.8 Å². The van der Waals surface area contributed by atoms with Gasteiger partial charge in [-0.25, -0.2) is 4.79 Å². The van der Waals surface area contributed by atoms with Crippen LogP contribution in [0.25, 0.3) is 0 Å². The highest BCUT2D eigenvalue weighted by atomic mass is 28.4. The van der Waals surface area contributed by atoms with Crippen molar-refractivity contribution in [2.24, 2.45) is 5.92 Å². The number of ether oxygens (including phenoxy) is 1. The van der Waals surface area contributed by atoms with Crippen molar-refractivity contribution in [2.75, 3.05) is 39.1 Å². The molecule has 0 amide bonds. The monoisotopic (exact) mass is 341 g/mol. The molecule has 7 heteroatoms. The van der Waals surface area contributed by atoms with Crippen LogP contribution in [0.1, 0.15) is 32.1 Å². The lowest BCUT2D eigenvalue weighted by atomic mass is 9.85. The van der Waals surface area contributed by atoms with E-state index in [0.717, 1.165) is 25.7 Å². The maximum atomic E-state index is 11.5. The standard InChI is InChI=1S/C16H27NO5Si/c1-2-16(18)19-13-23-20-10-8-17(9-11-21-23)12-15(22-23)14-6-4-3-5-7-14/h2,14-15H,1,3-13H2. The van der Waals surface area contributed by atoms with Gasteiger partial charge in [-0.15, -0.1) is 0 Å². The van der Waals surface area contributed by atoms with Gasteiger partial charge < -0.3 is 18.0 Å². The van der Waals surface area contributed by atoms with Crippen molar-refractivity contribution in [1.29, 1.82) is 0 Å². The maximum Gasteiger partial charge on any atom is 0.541 e. The van der Waals surface area contributed by atoms with E-state index in [1.54, 1.807) is 0 Å². The number of esters is 1. The van der Waals surface area contributed by atoms with E-state index in [1.165, 1.54) is 32.1 Å². The number of rotatable bonds is 4. The Labute approximate surface area is 139 Å². The van der Waals surface area contributed by atoms with Crippen LogP contribution in [0.15, 0.2) is 12.7 Å². The van der Waals surface area contributed by atoms with Crippen LogP contribution >= 0.6 is 0 Å². The van der Waals surface area contributed by atoms with E-state index in [4.69, 9.17) is 18.0 Å². The summed E-state index contributed by atoms with van der Waals surface area (Å²) < 4.78 is 23.7. The Kier molecular flexibility index (Phi) is 5.87. The molecule has 3 aliphatic heterocycles. The number of nitrogens with zero attached hydrogens (tertiary/aromatic N) is 1. The minimum absolute atomic E-state index is 0.0844. The quantitative estimate of drug-likeness (QED) is 0.439. The topological polar surface area (TPSA) is 57.2 Å². The smallest absolute Gasteiger partial charge is 0.458 e. The number of hydrogen-bond donors (Lipinski definition) is 0. The van der Waals surface area contributed by atoms with Gasteiger partial charge in [-0.05, 0) is 18.8 Å². The molecule has 0 aromatic carbocycles. The molecule has 0 radical (unpaired) electrons. The summed E-state index contributed by atoms with van der Waals surface area (Å²) in [6.07, 6.45) is 7.63. The van der Waals surface area contributed by atoms with E-state index < -0.39 is 14.8 Å². The zero-order valence-corrected chi connectivity index (χ0v) is 14.7. The number of carbonyl (C=O) groups excluding carboxylic acids is 1. The van der Waals surface area contributed by atoms with Crippen LogP contribution < -0.4 is 0 Å². The van der Waals surface area contributed by atoms with E-state index in [1.807, 2.05) is 0 Å². The molecule has 0 aromatic rings. The largest absolute Gasteiger partial charge is 0.541 e. The Morgan fingerprint density at radius 3 is 2.57 bits per heavy atom. The molecule has 1 aliphatic carbocycles. The van der Waals surface area contributed by atoms with E-state index in [9.17, 15) is 4.79 Å². The van der Waals surface area contributed by atoms with Gasteiger partial charge in [0, 0.05) is 25.7 Å². The summed E-state index contributed by atoms with van der Waals surface area (Å²) in [5.74, 6) is 0.0965. The Morgan fingerprint density at radius 2 is 1.91 bits per heavy atom. The number of fused-ring (bicyclic) bond motifs is 6. The van der Waals surface area contributed by atoms with Gasteiger partial charge in [-0.1, -0.05) is 25.8 Å². The summed E-state index contributed by atoms with van der Waals surface area (Å²) in [4.78, 5) is 13.8. The third-order valence-corrected chi connectivity index (χ3v) is 7.41. The molecule has 4 fully saturated rings. The molecule has 6 nitrogen and oxygen atoms in total. The van der Waals surface area contributed by atoms with Gasteiger partial charge in [-0.2, -0.15) is 0 Å². The molecule has 1 saturated carbocycles. The predicted molar refractivity (Wildman–Crippen MR) is 86.7 cm³/mol. The molecule has 0 aromatic heterocycles. The van der Waals surface area contributed by atoms with Crippen LogP contribution in [0.3, 0.4) is 0 Å².